The van der Waals surface area contributed by atoms with E-state index in [1.54, 1.807) is 30.3 Å². The summed E-state index contributed by atoms with van der Waals surface area (Å²) < 4.78 is 24.8. The zero-order valence-corrected chi connectivity index (χ0v) is 14.3. The van der Waals surface area contributed by atoms with Crippen LogP contribution in [0.1, 0.15) is 11.1 Å². The van der Waals surface area contributed by atoms with Crippen LogP contribution in [0.3, 0.4) is 0 Å². The van der Waals surface area contributed by atoms with Gasteiger partial charge in [0.2, 0.25) is 10.0 Å². The average Bonchev–Trinajstić information content (AvgIpc) is 2.54. The highest BCUT2D eigenvalue weighted by atomic mass is 32.2. The van der Waals surface area contributed by atoms with Crippen LogP contribution in [0.5, 0.6) is 0 Å². The van der Waals surface area contributed by atoms with Crippen molar-refractivity contribution in [2.45, 2.75) is 6.92 Å². The first kappa shape index (κ1) is 17.7. The van der Waals surface area contributed by atoms with Crippen molar-refractivity contribution in [2.75, 3.05) is 17.1 Å². The quantitative estimate of drug-likeness (QED) is 0.642. The monoisotopic (exact) mass is 345 g/mol. The van der Waals surface area contributed by atoms with Crippen molar-refractivity contribution >= 4 is 27.8 Å². The van der Waals surface area contributed by atoms with Crippen LogP contribution in [-0.2, 0) is 14.8 Å². The minimum absolute atomic E-state index is 0.339. The molecule has 24 heavy (non-hydrogen) atoms. The molecular weight excluding hydrogens is 326 g/mol. The van der Waals surface area contributed by atoms with E-state index in [4.69, 9.17) is 0 Å². The molecule has 0 aliphatic carbocycles. The van der Waals surface area contributed by atoms with Gasteiger partial charge in [0.25, 0.3) is 5.91 Å². The number of nitrogens with zero attached hydrogens (tertiary/aromatic N) is 2. The van der Waals surface area contributed by atoms with E-state index in [2.05, 4.69) is 10.5 Å². The van der Waals surface area contributed by atoms with Crippen molar-refractivity contribution in [1.82, 2.24) is 5.43 Å². The normalized spacial score (nSPS) is 11.4. The summed E-state index contributed by atoms with van der Waals surface area (Å²) in [5.74, 6) is -0.521. The molecule has 1 N–H and O–H groups in total. The van der Waals surface area contributed by atoms with E-state index in [0.29, 0.717) is 5.69 Å². The predicted octanol–water partition coefficient (Wildman–Crippen LogP) is 1.91. The standard InChI is InChI=1S/C17H19N3O3S/c1-14-8-10-15(11-9-14)12-18-19-17(21)13-20(24(2,22)23)16-6-4-3-5-7-16/h3-12H,13H2,1-2H3,(H,19,21)/b18-12-. The SMILES string of the molecule is Cc1ccc(/C=N\NC(=O)CN(c2ccccc2)S(C)(=O)=O)cc1. The van der Waals surface area contributed by atoms with Crippen molar-refractivity contribution in [2.24, 2.45) is 5.10 Å². The van der Waals surface area contributed by atoms with Gasteiger partial charge in [-0.15, -0.1) is 0 Å². The number of benzene rings is 2. The zero-order chi connectivity index (χ0) is 17.6. The molecule has 0 saturated heterocycles. The molecule has 0 spiro atoms. The molecular formula is C17H19N3O3S. The fraction of sp³-hybridized carbons (Fsp3) is 0.176. The third-order valence-corrected chi connectivity index (χ3v) is 4.35. The smallest absolute Gasteiger partial charge is 0.260 e. The fourth-order valence-corrected chi connectivity index (χ4v) is 2.85. The second-order valence-corrected chi connectivity index (χ2v) is 7.22. The molecule has 2 aromatic carbocycles. The Morgan fingerprint density at radius 2 is 1.75 bits per heavy atom. The number of hydrogen-bond acceptors (Lipinski definition) is 4. The third-order valence-electron chi connectivity index (χ3n) is 3.21. The molecule has 2 aromatic rings. The van der Waals surface area contributed by atoms with E-state index in [9.17, 15) is 13.2 Å². The molecule has 0 atom stereocenters. The number of rotatable bonds is 6. The molecule has 0 unspecified atom stereocenters. The van der Waals surface area contributed by atoms with Gasteiger partial charge in [0, 0.05) is 0 Å². The highest BCUT2D eigenvalue weighted by Gasteiger charge is 2.20. The molecule has 126 valence electrons. The number of anilines is 1. The maximum Gasteiger partial charge on any atom is 0.260 e. The summed E-state index contributed by atoms with van der Waals surface area (Å²) in [6.07, 6.45) is 2.56. The number of amides is 1. The molecule has 0 bridgehead atoms. The van der Waals surface area contributed by atoms with E-state index in [0.717, 1.165) is 21.7 Å². The number of nitrogens with one attached hydrogen (secondary N) is 1. The van der Waals surface area contributed by atoms with Gasteiger partial charge in [0.05, 0.1) is 18.2 Å². The number of sulfonamides is 1. The van der Waals surface area contributed by atoms with Gasteiger partial charge >= 0.3 is 0 Å². The summed E-state index contributed by atoms with van der Waals surface area (Å²) in [4.78, 5) is 12.0. The van der Waals surface area contributed by atoms with Crippen LogP contribution in [-0.4, -0.2) is 33.3 Å². The molecule has 1 amide bonds. The maximum absolute atomic E-state index is 12.0. The highest BCUT2D eigenvalue weighted by molar-refractivity contribution is 7.92. The lowest BCUT2D eigenvalue weighted by molar-refractivity contribution is -0.119. The molecule has 0 saturated carbocycles. The molecule has 6 nitrogen and oxygen atoms in total. The van der Waals surface area contributed by atoms with Crippen LogP contribution in [0.15, 0.2) is 59.7 Å². The van der Waals surface area contributed by atoms with Crippen LogP contribution in [0, 0.1) is 6.92 Å². The third kappa shape index (κ3) is 5.20. The van der Waals surface area contributed by atoms with Crippen molar-refractivity contribution in [3.8, 4) is 0 Å². The lowest BCUT2D eigenvalue weighted by Crippen LogP contribution is -2.38. The van der Waals surface area contributed by atoms with Crippen molar-refractivity contribution < 1.29 is 13.2 Å². The first-order valence-electron chi connectivity index (χ1n) is 7.27. The van der Waals surface area contributed by atoms with E-state index in [1.807, 2.05) is 31.2 Å². The number of aryl methyl sites for hydroxylation is 1. The van der Waals surface area contributed by atoms with Gasteiger partial charge in [-0.25, -0.2) is 13.8 Å². The van der Waals surface area contributed by atoms with E-state index >= 15 is 0 Å². The molecule has 0 aliphatic heterocycles. The van der Waals surface area contributed by atoms with Crippen LogP contribution in [0.25, 0.3) is 0 Å². The topological polar surface area (TPSA) is 78.8 Å². The largest absolute Gasteiger partial charge is 0.271 e. The van der Waals surface area contributed by atoms with Crippen molar-refractivity contribution in [3.05, 3.63) is 65.7 Å². The van der Waals surface area contributed by atoms with Gasteiger partial charge < -0.3 is 0 Å². The Labute approximate surface area is 141 Å². The van der Waals surface area contributed by atoms with Gasteiger partial charge in [-0.2, -0.15) is 5.10 Å². The average molecular weight is 345 g/mol. The van der Waals surface area contributed by atoms with E-state index < -0.39 is 15.9 Å². The molecule has 0 aliphatic rings. The second-order valence-electron chi connectivity index (χ2n) is 5.31. The number of para-hydroxylation sites is 1. The molecule has 0 fully saturated rings. The van der Waals surface area contributed by atoms with Crippen molar-refractivity contribution in [3.63, 3.8) is 0 Å². The van der Waals surface area contributed by atoms with Gasteiger partial charge in [-0.3, -0.25) is 9.10 Å². The second kappa shape index (κ2) is 7.74. The molecule has 0 radical (unpaired) electrons. The number of hydrazone groups is 1. The van der Waals surface area contributed by atoms with Gasteiger partial charge in [-0.05, 0) is 24.6 Å². The molecule has 2 rings (SSSR count). The lowest BCUT2D eigenvalue weighted by Gasteiger charge is -2.21. The van der Waals surface area contributed by atoms with Gasteiger partial charge in [-0.1, -0.05) is 48.0 Å². The van der Waals surface area contributed by atoms with Crippen LogP contribution < -0.4 is 9.73 Å². The Kier molecular flexibility index (Phi) is 5.70. The Morgan fingerprint density at radius 3 is 2.33 bits per heavy atom. The summed E-state index contributed by atoms with van der Waals surface area (Å²) in [5, 5.41) is 3.85. The number of hydrogen-bond donors (Lipinski definition) is 1. The number of carbonyl (C=O) groups excluding carboxylic acids is 1. The van der Waals surface area contributed by atoms with Crippen LogP contribution in [0.2, 0.25) is 0 Å². The lowest BCUT2D eigenvalue weighted by atomic mass is 10.2. The fourth-order valence-electron chi connectivity index (χ4n) is 1.99. The number of carbonyl (C=O) groups is 1. The minimum Gasteiger partial charge on any atom is -0.271 e. The van der Waals surface area contributed by atoms with Gasteiger partial charge in [0.15, 0.2) is 0 Å². The Bertz CT molecular complexity index is 816. The first-order chi connectivity index (χ1) is 11.4. The first-order valence-corrected chi connectivity index (χ1v) is 9.12. The molecule has 0 heterocycles. The van der Waals surface area contributed by atoms with Crippen molar-refractivity contribution in [1.29, 1.82) is 0 Å². The summed E-state index contributed by atoms with van der Waals surface area (Å²) in [5.41, 5.74) is 4.74. The summed E-state index contributed by atoms with van der Waals surface area (Å²) in [6.45, 7) is 1.64. The molecule has 7 heteroatoms. The zero-order valence-electron chi connectivity index (χ0n) is 13.5. The summed E-state index contributed by atoms with van der Waals surface area (Å²) in [7, 11) is -3.57. The van der Waals surface area contributed by atoms with Crippen LogP contribution in [0.4, 0.5) is 5.69 Å². The van der Waals surface area contributed by atoms with E-state index in [1.165, 1.54) is 6.21 Å². The predicted molar refractivity (Wildman–Crippen MR) is 95.5 cm³/mol. The Balaban J connectivity index is 2.02. The minimum atomic E-state index is -3.57. The van der Waals surface area contributed by atoms with E-state index in [-0.39, 0.29) is 6.54 Å². The van der Waals surface area contributed by atoms with Gasteiger partial charge in [0.1, 0.15) is 6.54 Å². The maximum atomic E-state index is 12.0. The van der Waals surface area contributed by atoms with Crippen LogP contribution >= 0.6 is 0 Å². The summed E-state index contributed by atoms with van der Waals surface area (Å²) in [6, 6.07) is 16.1. The summed E-state index contributed by atoms with van der Waals surface area (Å²) >= 11 is 0. The Hall–Kier alpha value is -2.67. The molecule has 0 aromatic heterocycles. The highest BCUT2D eigenvalue weighted by Crippen LogP contribution is 2.16. The Morgan fingerprint density at radius 1 is 1.12 bits per heavy atom.